The van der Waals surface area contributed by atoms with Gasteiger partial charge in [-0.05, 0) is 17.7 Å². The third-order valence-corrected chi connectivity index (χ3v) is 1.38. The van der Waals surface area contributed by atoms with E-state index in [1.165, 1.54) is 6.26 Å². The van der Waals surface area contributed by atoms with E-state index in [9.17, 15) is 0 Å². The van der Waals surface area contributed by atoms with Gasteiger partial charge in [0.25, 0.3) is 0 Å². The molecule has 0 N–H and O–H groups in total. The summed E-state index contributed by atoms with van der Waals surface area (Å²) in [6, 6.07) is 1.69. The molecular formula is C4H3ClOS. The fourth-order valence-electron chi connectivity index (χ4n) is 0.284. The summed E-state index contributed by atoms with van der Waals surface area (Å²) < 4.78 is 4.65. The average molecular weight is 135 g/mol. The van der Waals surface area contributed by atoms with Crippen LogP contribution in [0.4, 0.5) is 0 Å². The summed E-state index contributed by atoms with van der Waals surface area (Å²) in [6.45, 7) is 0. The molecule has 0 aromatic carbocycles. The minimum absolute atomic E-state index is 0.350. The van der Waals surface area contributed by atoms with Gasteiger partial charge < -0.3 is 4.42 Å². The molecule has 7 heavy (non-hydrogen) atoms. The lowest BCUT2D eigenvalue weighted by molar-refractivity contribution is 0.564. The van der Waals surface area contributed by atoms with Gasteiger partial charge in [0, 0.05) is 0 Å². The van der Waals surface area contributed by atoms with Crippen molar-refractivity contribution in [1.29, 1.82) is 0 Å². The number of rotatable bonds is 0. The van der Waals surface area contributed by atoms with Gasteiger partial charge >= 0.3 is 0 Å². The Kier molecular flexibility index (Phi) is 1.30. The second kappa shape index (κ2) is 1.80. The Hall–Kier alpha value is -0.0800. The van der Waals surface area contributed by atoms with Crippen molar-refractivity contribution in [3.05, 3.63) is 17.5 Å². The Bertz CT molecular complexity index is 144. The molecule has 38 valence electrons. The van der Waals surface area contributed by atoms with E-state index in [0.29, 0.717) is 10.1 Å². The Morgan fingerprint density at radius 1 is 1.71 bits per heavy atom. The topological polar surface area (TPSA) is 13.1 Å². The molecule has 1 heterocycles. The Morgan fingerprint density at radius 3 is 2.57 bits per heavy atom. The highest BCUT2D eigenvalue weighted by Crippen LogP contribution is 2.19. The average Bonchev–Trinajstić information content (AvgIpc) is 1.91. The summed E-state index contributed by atoms with van der Waals surface area (Å²) >= 11 is 9.30. The van der Waals surface area contributed by atoms with Crippen LogP contribution in [0.3, 0.4) is 0 Å². The molecule has 0 aliphatic heterocycles. The van der Waals surface area contributed by atoms with E-state index in [0.717, 1.165) is 0 Å². The zero-order chi connectivity index (χ0) is 5.28. The second-order valence-electron chi connectivity index (χ2n) is 1.08. The fourth-order valence-corrected chi connectivity index (χ4v) is 0.512. The van der Waals surface area contributed by atoms with E-state index in [1.54, 1.807) is 6.07 Å². The van der Waals surface area contributed by atoms with E-state index in [-0.39, 0.29) is 0 Å². The van der Waals surface area contributed by atoms with Gasteiger partial charge in [0.05, 0.1) is 11.2 Å². The molecule has 0 fully saturated rings. The standard InChI is InChI=1S/C4H3ClOS/c5-4-3(7)1-2-6-4/h1-2,7H. The Labute approximate surface area is 51.7 Å². The Balaban J connectivity index is 3.12. The molecule has 0 saturated carbocycles. The predicted molar refractivity (Wildman–Crippen MR) is 31.0 cm³/mol. The lowest BCUT2D eigenvalue weighted by atomic mass is 10.7. The molecule has 1 aromatic heterocycles. The van der Waals surface area contributed by atoms with Crippen molar-refractivity contribution in [2.75, 3.05) is 0 Å². The zero-order valence-electron chi connectivity index (χ0n) is 3.39. The molecule has 0 aliphatic carbocycles. The van der Waals surface area contributed by atoms with Gasteiger partial charge in [0.1, 0.15) is 0 Å². The summed E-state index contributed by atoms with van der Waals surface area (Å²) in [5.74, 6) is 0. The molecule has 0 saturated heterocycles. The van der Waals surface area contributed by atoms with Crippen molar-refractivity contribution < 1.29 is 4.42 Å². The van der Waals surface area contributed by atoms with Crippen LogP contribution in [0.25, 0.3) is 0 Å². The molecule has 0 spiro atoms. The summed E-state index contributed by atoms with van der Waals surface area (Å²) in [4.78, 5) is 0.682. The summed E-state index contributed by atoms with van der Waals surface area (Å²) in [7, 11) is 0. The lowest BCUT2D eigenvalue weighted by Crippen LogP contribution is -1.47. The first kappa shape index (κ1) is 5.06. The molecule has 3 heteroatoms. The molecule has 1 aromatic rings. The quantitative estimate of drug-likeness (QED) is 0.537. The minimum atomic E-state index is 0.350. The minimum Gasteiger partial charge on any atom is -0.452 e. The summed E-state index contributed by atoms with van der Waals surface area (Å²) in [5, 5.41) is 0.350. The van der Waals surface area contributed by atoms with Crippen molar-refractivity contribution in [3.63, 3.8) is 0 Å². The highest BCUT2D eigenvalue weighted by Gasteiger charge is 1.93. The van der Waals surface area contributed by atoms with Gasteiger partial charge in [0.2, 0.25) is 5.22 Å². The molecule has 0 aliphatic rings. The predicted octanol–water partition coefficient (Wildman–Crippen LogP) is 2.22. The number of halogens is 1. The highest BCUT2D eigenvalue weighted by atomic mass is 35.5. The molecular weight excluding hydrogens is 132 g/mol. The number of hydrogen-bond acceptors (Lipinski definition) is 2. The van der Waals surface area contributed by atoms with Crippen LogP contribution >= 0.6 is 24.2 Å². The lowest BCUT2D eigenvalue weighted by Gasteiger charge is -1.75. The van der Waals surface area contributed by atoms with Crippen LogP contribution in [0.1, 0.15) is 0 Å². The van der Waals surface area contributed by atoms with E-state index < -0.39 is 0 Å². The molecule has 0 amide bonds. The van der Waals surface area contributed by atoms with Gasteiger partial charge in [-0.2, -0.15) is 0 Å². The van der Waals surface area contributed by atoms with Crippen molar-refractivity contribution in [2.45, 2.75) is 4.90 Å². The van der Waals surface area contributed by atoms with Crippen LogP contribution in [-0.4, -0.2) is 0 Å². The SMILES string of the molecule is Sc1ccoc1Cl. The molecule has 0 unspecified atom stereocenters. The first-order valence-electron chi connectivity index (χ1n) is 1.72. The van der Waals surface area contributed by atoms with Gasteiger partial charge in [-0.25, -0.2) is 0 Å². The normalized spacial score (nSPS) is 9.43. The molecule has 0 bridgehead atoms. The van der Waals surface area contributed by atoms with Crippen LogP contribution < -0.4 is 0 Å². The van der Waals surface area contributed by atoms with Crippen molar-refractivity contribution >= 4 is 24.2 Å². The summed E-state index contributed by atoms with van der Waals surface area (Å²) in [5.41, 5.74) is 0. The first-order chi connectivity index (χ1) is 3.30. The van der Waals surface area contributed by atoms with Crippen molar-refractivity contribution in [2.24, 2.45) is 0 Å². The largest absolute Gasteiger partial charge is 0.452 e. The van der Waals surface area contributed by atoms with Crippen molar-refractivity contribution in [3.8, 4) is 0 Å². The first-order valence-corrected chi connectivity index (χ1v) is 2.55. The maximum Gasteiger partial charge on any atom is 0.206 e. The smallest absolute Gasteiger partial charge is 0.206 e. The van der Waals surface area contributed by atoms with Gasteiger partial charge in [-0.3, -0.25) is 0 Å². The van der Waals surface area contributed by atoms with Crippen LogP contribution in [0, 0.1) is 0 Å². The number of furan rings is 1. The molecule has 0 radical (unpaired) electrons. The fraction of sp³-hybridized carbons (Fsp3) is 0. The highest BCUT2D eigenvalue weighted by molar-refractivity contribution is 7.80. The maximum absolute atomic E-state index is 5.38. The third-order valence-electron chi connectivity index (χ3n) is 0.599. The van der Waals surface area contributed by atoms with E-state index in [2.05, 4.69) is 17.0 Å². The number of hydrogen-bond donors (Lipinski definition) is 1. The van der Waals surface area contributed by atoms with Crippen LogP contribution in [0.5, 0.6) is 0 Å². The van der Waals surface area contributed by atoms with Crippen LogP contribution in [0.15, 0.2) is 21.6 Å². The third kappa shape index (κ3) is 0.924. The molecule has 1 nitrogen and oxygen atoms in total. The molecule has 0 atom stereocenters. The monoisotopic (exact) mass is 134 g/mol. The zero-order valence-corrected chi connectivity index (χ0v) is 5.04. The van der Waals surface area contributed by atoms with Gasteiger partial charge in [-0.15, -0.1) is 12.6 Å². The Morgan fingerprint density at radius 2 is 2.43 bits per heavy atom. The summed E-state index contributed by atoms with van der Waals surface area (Å²) in [6.07, 6.45) is 1.49. The molecule has 1 rings (SSSR count). The van der Waals surface area contributed by atoms with E-state index in [4.69, 9.17) is 11.6 Å². The van der Waals surface area contributed by atoms with Gasteiger partial charge in [0.15, 0.2) is 0 Å². The van der Waals surface area contributed by atoms with Crippen LogP contribution in [0.2, 0.25) is 5.22 Å². The van der Waals surface area contributed by atoms with E-state index in [1.807, 2.05) is 0 Å². The van der Waals surface area contributed by atoms with E-state index >= 15 is 0 Å². The van der Waals surface area contributed by atoms with Crippen LogP contribution in [-0.2, 0) is 0 Å². The maximum atomic E-state index is 5.38. The number of thiol groups is 1. The van der Waals surface area contributed by atoms with Crippen molar-refractivity contribution in [1.82, 2.24) is 0 Å². The van der Waals surface area contributed by atoms with Gasteiger partial charge in [-0.1, -0.05) is 0 Å². The second-order valence-corrected chi connectivity index (χ2v) is 1.90.